The van der Waals surface area contributed by atoms with E-state index >= 15 is 0 Å². The number of nitrogens with one attached hydrogen (secondary N) is 2. The van der Waals surface area contributed by atoms with Gasteiger partial charge in [0.25, 0.3) is 0 Å². The van der Waals surface area contributed by atoms with Crippen LogP contribution in [0.25, 0.3) is 0 Å². The van der Waals surface area contributed by atoms with Crippen molar-refractivity contribution in [3.8, 4) is 0 Å². The van der Waals surface area contributed by atoms with Gasteiger partial charge in [-0.1, -0.05) is 23.9 Å². The van der Waals surface area contributed by atoms with E-state index in [9.17, 15) is 9.59 Å². The maximum atomic E-state index is 12.2. The van der Waals surface area contributed by atoms with Crippen LogP contribution < -0.4 is 10.6 Å². The molecule has 8 heteroatoms. The first-order chi connectivity index (χ1) is 11.6. The standard InChI is InChI=1S/C16H18BrN3O3S/c17-11-5-1-2-6-12(11)19-14(21)8-13-15(22)20-16(24-13)18-9-10-4-3-7-23-10/h1-2,5-6,10,13H,3-4,7-9H2,(H,19,21)(H,18,20,22)/t10-,13+/m1/s1. The van der Waals surface area contributed by atoms with E-state index in [1.807, 2.05) is 18.2 Å². The molecule has 24 heavy (non-hydrogen) atoms. The number of aliphatic imine (C=N–C) groups is 1. The number of benzene rings is 1. The van der Waals surface area contributed by atoms with E-state index < -0.39 is 5.25 Å². The third-order valence-corrected chi connectivity index (χ3v) is 5.57. The van der Waals surface area contributed by atoms with E-state index in [0.29, 0.717) is 17.4 Å². The lowest BCUT2D eigenvalue weighted by atomic mass is 10.2. The zero-order valence-corrected chi connectivity index (χ0v) is 15.4. The van der Waals surface area contributed by atoms with Gasteiger partial charge in [-0.05, 0) is 40.9 Å². The second kappa shape index (κ2) is 8.13. The summed E-state index contributed by atoms with van der Waals surface area (Å²) in [6, 6.07) is 7.37. The molecule has 2 N–H and O–H groups in total. The van der Waals surface area contributed by atoms with Crippen LogP contribution in [0.5, 0.6) is 0 Å². The van der Waals surface area contributed by atoms with Gasteiger partial charge in [0.05, 0.1) is 18.3 Å². The molecule has 2 aliphatic rings. The van der Waals surface area contributed by atoms with Crippen LogP contribution >= 0.6 is 27.7 Å². The number of rotatable bonds is 5. The Labute approximate surface area is 152 Å². The number of amidine groups is 1. The molecule has 128 valence electrons. The summed E-state index contributed by atoms with van der Waals surface area (Å²) in [5.74, 6) is -0.372. The molecule has 0 saturated carbocycles. The van der Waals surface area contributed by atoms with Crippen molar-refractivity contribution in [1.82, 2.24) is 5.32 Å². The van der Waals surface area contributed by atoms with Crippen LogP contribution in [-0.2, 0) is 14.3 Å². The summed E-state index contributed by atoms with van der Waals surface area (Å²) < 4.78 is 6.32. The van der Waals surface area contributed by atoms with Gasteiger partial charge in [0.1, 0.15) is 5.25 Å². The highest BCUT2D eigenvalue weighted by atomic mass is 79.9. The quantitative estimate of drug-likeness (QED) is 0.779. The highest BCUT2D eigenvalue weighted by Gasteiger charge is 2.32. The Kier molecular flexibility index (Phi) is 5.91. The molecule has 0 bridgehead atoms. The summed E-state index contributed by atoms with van der Waals surface area (Å²) in [6.07, 6.45) is 2.32. The summed E-state index contributed by atoms with van der Waals surface area (Å²) in [7, 11) is 0. The molecule has 0 spiro atoms. The van der Waals surface area contributed by atoms with Gasteiger partial charge in [0.2, 0.25) is 11.8 Å². The van der Waals surface area contributed by atoms with E-state index in [1.54, 1.807) is 6.07 Å². The van der Waals surface area contributed by atoms with Crippen molar-refractivity contribution in [3.05, 3.63) is 28.7 Å². The highest BCUT2D eigenvalue weighted by molar-refractivity contribution is 9.10. The van der Waals surface area contributed by atoms with Crippen LogP contribution in [-0.4, -0.2) is 41.5 Å². The second-order valence-electron chi connectivity index (χ2n) is 5.61. The topological polar surface area (TPSA) is 79.8 Å². The smallest absolute Gasteiger partial charge is 0.240 e. The van der Waals surface area contributed by atoms with E-state index in [1.165, 1.54) is 11.8 Å². The van der Waals surface area contributed by atoms with Gasteiger partial charge in [-0.3, -0.25) is 14.6 Å². The normalized spacial score (nSPS) is 25.0. The SMILES string of the molecule is O=C(C[C@@H]1SC(=NC[C@H]2CCCO2)NC1=O)Nc1ccccc1Br. The van der Waals surface area contributed by atoms with Crippen molar-refractivity contribution in [1.29, 1.82) is 0 Å². The lowest BCUT2D eigenvalue weighted by Gasteiger charge is -2.08. The average Bonchev–Trinajstić information content (AvgIpc) is 3.18. The predicted octanol–water partition coefficient (Wildman–Crippen LogP) is 2.54. The lowest BCUT2D eigenvalue weighted by molar-refractivity contribution is -0.122. The van der Waals surface area contributed by atoms with Crippen LogP contribution in [0.4, 0.5) is 5.69 Å². The van der Waals surface area contributed by atoms with Crippen molar-refractivity contribution >= 4 is 50.4 Å². The van der Waals surface area contributed by atoms with E-state index in [2.05, 4.69) is 31.6 Å². The number of ether oxygens (including phenoxy) is 1. The third kappa shape index (κ3) is 4.58. The van der Waals surface area contributed by atoms with Gasteiger partial charge in [0, 0.05) is 17.5 Å². The second-order valence-corrected chi connectivity index (χ2v) is 7.65. The predicted molar refractivity (Wildman–Crippen MR) is 98.2 cm³/mol. The Morgan fingerprint density at radius 1 is 1.46 bits per heavy atom. The molecule has 2 heterocycles. The summed E-state index contributed by atoms with van der Waals surface area (Å²) in [5, 5.41) is 5.68. The summed E-state index contributed by atoms with van der Waals surface area (Å²) in [6.45, 7) is 1.34. The number of halogens is 1. The van der Waals surface area contributed by atoms with Crippen molar-refractivity contribution < 1.29 is 14.3 Å². The molecule has 0 unspecified atom stereocenters. The molecule has 2 amide bonds. The zero-order valence-electron chi connectivity index (χ0n) is 13.0. The molecule has 3 rings (SSSR count). The third-order valence-electron chi connectivity index (χ3n) is 3.76. The van der Waals surface area contributed by atoms with Crippen molar-refractivity contribution in [2.75, 3.05) is 18.5 Å². The van der Waals surface area contributed by atoms with Gasteiger partial charge in [-0.2, -0.15) is 0 Å². The van der Waals surface area contributed by atoms with Crippen molar-refractivity contribution in [2.24, 2.45) is 4.99 Å². The van der Waals surface area contributed by atoms with Crippen LogP contribution in [0.2, 0.25) is 0 Å². The number of hydrogen-bond donors (Lipinski definition) is 2. The molecule has 2 fully saturated rings. The molecule has 2 atom stereocenters. The van der Waals surface area contributed by atoms with Gasteiger partial charge in [0.15, 0.2) is 5.17 Å². The highest BCUT2D eigenvalue weighted by Crippen LogP contribution is 2.25. The Hall–Kier alpha value is -1.38. The molecule has 1 aromatic carbocycles. The molecule has 2 saturated heterocycles. The van der Waals surface area contributed by atoms with E-state index in [-0.39, 0.29) is 24.3 Å². The zero-order chi connectivity index (χ0) is 16.9. The fourth-order valence-electron chi connectivity index (χ4n) is 2.52. The molecule has 0 aliphatic carbocycles. The minimum absolute atomic E-state index is 0.108. The number of hydrogen-bond acceptors (Lipinski definition) is 5. The minimum Gasteiger partial charge on any atom is -0.376 e. The number of para-hydroxylation sites is 1. The number of nitrogens with zero attached hydrogens (tertiary/aromatic N) is 1. The molecule has 0 radical (unpaired) electrons. The minimum atomic E-state index is -0.448. The van der Waals surface area contributed by atoms with Gasteiger partial charge < -0.3 is 15.4 Å². The number of carbonyl (C=O) groups is 2. The van der Waals surface area contributed by atoms with Crippen LogP contribution in [0, 0.1) is 0 Å². The first-order valence-electron chi connectivity index (χ1n) is 7.80. The number of thioether (sulfide) groups is 1. The van der Waals surface area contributed by atoms with Crippen LogP contribution in [0.3, 0.4) is 0 Å². The Morgan fingerprint density at radius 3 is 3.04 bits per heavy atom. The Bertz CT molecular complexity index is 662. The van der Waals surface area contributed by atoms with Crippen LogP contribution in [0.15, 0.2) is 33.7 Å². The van der Waals surface area contributed by atoms with Crippen molar-refractivity contribution in [3.63, 3.8) is 0 Å². The summed E-state index contributed by atoms with van der Waals surface area (Å²) >= 11 is 4.69. The van der Waals surface area contributed by atoms with Crippen LogP contribution in [0.1, 0.15) is 19.3 Å². The Morgan fingerprint density at radius 2 is 2.29 bits per heavy atom. The maximum Gasteiger partial charge on any atom is 0.240 e. The van der Waals surface area contributed by atoms with E-state index in [4.69, 9.17) is 4.74 Å². The largest absolute Gasteiger partial charge is 0.376 e. The lowest BCUT2D eigenvalue weighted by Crippen LogP contribution is -2.28. The number of amides is 2. The van der Waals surface area contributed by atoms with Gasteiger partial charge in [-0.15, -0.1) is 0 Å². The van der Waals surface area contributed by atoms with Gasteiger partial charge >= 0.3 is 0 Å². The molecule has 6 nitrogen and oxygen atoms in total. The number of carbonyl (C=O) groups excluding carboxylic acids is 2. The summed E-state index contributed by atoms with van der Waals surface area (Å²) in [5.41, 5.74) is 0.693. The maximum absolute atomic E-state index is 12.2. The molecule has 2 aliphatic heterocycles. The fourth-order valence-corrected chi connectivity index (χ4v) is 3.88. The summed E-state index contributed by atoms with van der Waals surface area (Å²) in [4.78, 5) is 28.6. The number of anilines is 1. The van der Waals surface area contributed by atoms with E-state index in [0.717, 1.165) is 23.9 Å². The fraction of sp³-hybridized carbons (Fsp3) is 0.438. The Balaban J connectivity index is 1.51. The first kappa shape index (κ1) is 17.4. The average molecular weight is 412 g/mol. The molecular weight excluding hydrogens is 394 g/mol. The molecule has 1 aromatic rings. The van der Waals surface area contributed by atoms with Gasteiger partial charge in [-0.25, -0.2) is 0 Å². The monoisotopic (exact) mass is 411 g/mol. The molecular formula is C16H18BrN3O3S. The first-order valence-corrected chi connectivity index (χ1v) is 9.47. The van der Waals surface area contributed by atoms with Crippen molar-refractivity contribution in [2.45, 2.75) is 30.6 Å². The molecule has 0 aromatic heterocycles.